The third-order valence-corrected chi connectivity index (χ3v) is 2.81. The Hall–Kier alpha value is -1.84. The molecule has 0 saturated carbocycles. The second-order valence-electron chi connectivity index (χ2n) is 3.64. The summed E-state index contributed by atoms with van der Waals surface area (Å²) in [6.45, 7) is 0. The summed E-state index contributed by atoms with van der Waals surface area (Å²) in [4.78, 5) is 23.4. The van der Waals surface area contributed by atoms with Crippen molar-refractivity contribution in [2.45, 2.75) is 6.42 Å². The van der Waals surface area contributed by atoms with Gasteiger partial charge in [0.1, 0.15) is 11.7 Å². The first-order valence-corrected chi connectivity index (χ1v) is 4.97. The molecule has 0 heterocycles. The fourth-order valence-corrected chi connectivity index (χ4v) is 2.02. The Morgan fingerprint density at radius 3 is 2.75 bits per heavy atom. The summed E-state index contributed by atoms with van der Waals surface area (Å²) < 4.78 is 9.72. The van der Waals surface area contributed by atoms with Gasteiger partial charge in [-0.25, -0.2) is 0 Å². The Morgan fingerprint density at radius 2 is 2.12 bits per heavy atom. The highest BCUT2D eigenvalue weighted by molar-refractivity contribution is 6.13. The maximum atomic E-state index is 12.0. The first kappa shape index (κ1) is 10.7. The smallest absolute Gasteiger partial charge is 0.316 e. The van der Waals surface area contributed by atoms with E-state index in [0.29, 0.717) is 17.7 Å². The Labute approximate surface area is 93.2 Å². The topological polar surface area (TPSA) is 52.6 Å². The van der Waals surface area contributed by atoms with Crippen LogP contribution in [-0.2, 0) is 16.0 Å². The summed E-state index contributed by atoms with van der Waals surface area (Å²) in [6.07, 6.45) is 0.401. The van der Waals surface area contributed by atoms with Gasteiger partial charge in [0, 0.05) is 0 Å². The normalized spacial score (nSPS) is 18.1. The number of esters is 1. The van der Waals surface area contributed by atoms with Gasteiger partial charge in [0.25, 0.3) is 0 Å². The number of ether oxygens (including phenoxy) is 2. The summed E-state index contributed by atoms with van der Waals surface area (Å²) >= 11 is 0. The molecule has 4 heteroatoms. The maximum Gasteiger partial charge on any atom is 0.316 e. The number of methoxy groups -OCH3 is 2. The highest BCUT2D eigenvalue weighted by Gasteiger charge is 2.38. The van der Waals surface area contributed by atoms with E-state index in [9.17, 15) is 9.59 Å². The van der Waals surface area contributed by atoms with Crippen LogP contribution in [0.25, 0.3) is 0 Å². The molecular formula is C12H12O4. The van der Waals surface area contributed by atoms with Gasteiger partial charge in [-0.15, -0.1) is 0 Å². The summed E-state index contributed by atoms with van der Waals surface area (Å²) in [5.41, 5.74) is 1.36. The van der Waals surface area contributed by atoms with Crippen LogP contribution in [0.4, 0.5) is 0 Å². The Bertz CT molecular complexity index is 450. The van der Waals surface area contributed by atoms with Crippen LogP contribution in [0, 0.1) is 5.92 Å². The van der Waals surface area contributed by atoms with Crippen molar-refractivity contribution < 1.29 is 19.1 Å². The van der Waals surface area contributed by atoms with Crippen molar-refractivity contribution in [1.82, 2.24) is 0 Å². The molecule has 0 aliphatic heterocycles. The van der Waals surface area contributed by atoms with Gasteiger partial charge in [-0.3, -0.25) is 9.59 Å². The maximum absolute atomic E-state index is 12.0. The summed E-state index contributed by atoms with van der Waals surface area (Å²) in [6, 6.07) is 5.36. The minimum Gasteiger partial charge on any atom is -0.496 e. The summed E-state index contributed by atoms with van der Waals surface area (Å²) in [5.74, 6) is -0.882. The molecule has 0 unspecified atom stereocenters. The van der Waals surface area contributed by atoms with Crippen molar-refractivity contribution >= 4 is 11.8 Å². The molecule has 4 nitrogen and oxygen atoms in total. The van der Waals surface area contributed by atoms with Gasteiger partial charge >= 0.3 is 5.97 Å². The highest BCUT2D eigenvalue weighted by Crippen LogP contribution is 2.33. The molecule has 0 radical (unpaired) electrons. The Kier molecular flexibility index (Phi) is 2.64. The van der Waals surface area contributed by atoms with Crippen LogP contribution in [-0.4, -0.2) is 26.0 Å². The van der Waals surface area contributed by atoms with E-state index in [4.69, 9.17) is 4.74 Å². The minimum absolute atomic E-state index is 0.209. The van der Waals surface area contributed by atoms with E-state index in [-0.39, 0.29) is 5.78 Å². The van der Waals surface area contributed by atoms with Crippen LogP contribution >= 0.6 is 0 Å². The Morgan fingerprint density at radius 1 is 1.38 bits per heavy atom. The zero-order chi connectivity index (χ0) is 11.7. The predicted molar refractivity (Wildman–Crippen MR) is 56.5 cm³/mol. The lowest BCUT2D eigenvalue weighted by molar-refractivity contribution is -0.143. The van der Waals surface area contributed by atoms with Gasteiger partial charge in [0.15, 0.2) is 5.78 Å². The van der Waals surface area contributed by atoms with Crippen molar-refractivity contribution in [1.29, 1.82) is 0 Å². The van der Waals surface area contributed by atoms with Crippen molar-refractivity contribution in [3.05, 3.63) is 29.3 Å². The second kappa shape index (κ2) is 3.96. The molecule has 1 atom stereocenters. The average Bonchev–Trinajstić information content (AvgIpc) is 2.66. The number of carbonyl (C=O) groups excluding carboxylic acids is 2. The lowest BCUT2D eigenvalue weighted by Gasteiger charge is -2.05. The van der Waals surface area contributed by atoms with Crippen LogP contribution < -0.4 is 4.74 Å². The van der Waals surface area contributed by atoms with Crippen molar-refractivity contribution in [3.63, 3.8) is 0 Å². The molecule has 16 heavy (non-hydrogen) atoms. The monoisotopic (exact) mass is 220 g/mol. The Balaban J connectivity index is 2.42. The molecule has 0 fully saturated rings. The number of Topliss-reactive ketones (excluding diaryl/α,β-unsaturated/α-hetero) is 1. The molecule has 1 aliphatic rings. The van der Waals surface area contributed by atoms with Gasteiger partial charge in [-0.05, 0) is 18.1 Å². The van der Waals surface area contributed by atoms with Crippen LogP contribution in [0.15, 0.2) is 18.2 Å². The molecule has 1 aromatic carbocycles. The van der Waals surface area contributed by atoms with Gasteiger partial charge in [0.05, 0.1) is 19.8 Å². The van der Waals surface area contributed by atoms with E-state index in [2.05, 4.69) is 4.74 Å². The number of fused-ring (bicyclic) bond motifs is 1. The van der Waals surface area contributed by atoms with E-state index in [1.165, 1.54) is 14.2 Å². The SMILES string of the molecule is COC(=O)[C@@H]1Cc2cccc(OC)c2C1=O. The summed E-state index contributed by atoms with van der Waals surface area (Å²) in [7, 11) is 2.80. The first-order chi connectivity index (χ1) is 7.69. The molecule has 0 aromatic heterocycles. The van der Waals surface area contributed by atoms with Crippen LogP contribution in [0.1, 0.15) is 15.9 Å². The number of carbonyl (C=O) groups is 2. The molecule has 84 valence electrons. The van der Waals surface area contributed by atoms with Gasteiger partial charge in [0.2, 0.25) is 0 Å². The lowest BCUT2D eigenvalue weighted by Crippen LogP contribution is -2.22. The van der Waals surface area contributed by atoms with Gasteiger partial charge in [-0.2, -0.15) is 0 Å². The second-order valence-corrected chi connectivity index (χ2v) is 3.64. The molecule has 2 rings (SSSR count). The van der Waals surface area contributed by atoms with Crippen LogP contribution in [0.3, 0.4) is 0 Å². The largest absolute Gasteiger partial charge is 0.496 e. The third kappa shape index (κ3) is 1.46. The van der Waals surface area contributed by atoms with Crippen molar-refractivity contribution in [2.24, 2.45) is 5.92 Å². The first-order valence-electron chi connectivity index (χ1n) is 4.97. The van der Waals surface area contributed by atoms with E-state index in [1.807, 2.05) is 12.1 Å². The minimum atomic E-state index is -0.712. The van der Waals surface area contributed by atoms with Gasteiger partial charge in [-0.1, -0.05) is 12.1 Å². The molecule has 0 amide bonds. The van der Waals surface area contributed by atoms with E-state index in [1.54, 1.807) is 6.07 Å². The van der Waals surface area contributed by atoms with Crippen LogP contribution in [0.5, 0.6) is 5.75 Å². The predicted octanol–water partition coefficient (Wildman–Crippen LogP) is 1.22. The average molecular weight is 220 g/mol. The van der Waals surface area contributed by atoms with Crippen LogP contribution in [0.2, 0.25) is 0 Å². The molecule has 0 saturated heterocycles. The quantitative estimate of drug-likeness (QED) is 0.555. The van der Waals surface area contributed by atoms with Crippen molar-refractivity contribution in [3.8, 4) is 5.75 Å². The molecule has 1 aromatic rings. The molecule has 1 aliphatic carbocycles. The molecule has 0 bridgehead atoms. The zero-order valence-electron chi connectivity index (χ0n) is 9.15. The zero-order valence-corrected chi connectivity index (χ0v) is 9.15. The fraction of sp³-hybridized carbons (Fsp3) is 0.333. The number of hydrogen-bond donors (Lipinski definition) is 0. The van der Waals surface area contributed by atoms with Crippen molar-refractivity contribution in [2.75, 3.05) is 14.2 Å². The van der Waals surface area contributed by atoms with E-state index in [0.717, 1.165) is 5.56 Å². The molecule has 0 N–H and O–H groups in total. The molecular weight excluding hydrogens is 208 g/mol. The molecule has 0 spiro atoms. The highest BCUT2D eigenvalue weighted by atomic mass is 16.5. The lowest BCUT2D eigenvalue weighted by atomic mass is 10.1. The van der Waals surface area contributed by atoms with E-state index < -0.39 is 11.9 Å². The number of benzene rings is 1. The van der Waals surface area contributed by atoms with Gasteiger partial charge < -0.3 is 9.47 Å². The fourth-order valence-electron chi connectivity index (χ4n) is 2.02. The number of hydrogen-bond acceptors (Lipinski definition) is 4. The number of ketones is 1. The third-order valence-electron chi connectivity index (χ3n) is 2.81. The van der Waals surface area contributed by atoms with E-state index >= 15 is 0 Å². The summed E-state index contributed by atoms with van der Waals surface area (Å²) in [5, 5.41) is 0. The standard InChI is InChI=1S/C12H12O4/c1-15-9-5-3-4-7-6-8(12(14)16-2)11(13)10(7)9/h3-5,8H,6H2,1-2H3/t8-/m1/s1. The number of rotatable bonds is 2.